The zero-order chi connectivity index (χ0) is 14.4. The summed E-state index contributed by atoms with van der Waals surface area (Å²) in [5.74, 6) is -0.0112. The third kappa shape index (κ3) is 3.61. The molecule has 106 valence electrons. The van der Waals surface area contributed by atoms with Gasteiger partial charge in [-0.25, -0.2) is 4.68 Å². The minimum absolute atomic E-state index is 0.0112. The highest BCUT2D eigenvalue weighted by Gasteiger charge is 2.07. The van der Waals surface area contributed by atoms with Crippen LogP contribution in [0.15, 0.2) is 24.5 Å². The van der Waals surface area contributed by atoms with E-state index < -0.39 is 0 Å². The Bertz CT molecular complexity index is 566. The first-order valence-corrected chi connectivity index (χ1v) is 6.55. The second-order valence-corrected chi connectivity index (χ2v) is 4.41. The first-order chi connectivity index (χ1) is 9.70. The molecule has 0 aliphatic heterocycles. The van der Waals surface area contributed by atoms with E-state index in [1.54, 1.807) is 4.68 Å². The Kier molecular flexibility index (Phi) is 4.78. The number of rotatable bonds is 6. The largest absolute Gasteiger partial charge is 0.326 e. The number of amides is 1. The summed E-state index contributed by atoms with van der Waals surface area (Å²) >= 11 is 0. The summed E-state index contributed by atoms with van der Waals surface area (Å²) in [6.45, 7) is 5.50. The summed E-state index contributed by atoms with van der Waals surface area (Å²) in [7, 11) is 0. The molecule has 2 aromatic rings. The number of tetrazole rings is 1. The van der Waals surface area contributed by atoms with Crippen molar-refractivity contribution in [3.63, 3.8) is 0 Å². The molecule has 0 aliphatic carbocycles. The van der Waals surface area contributed by atoms with Gasteiger partial charge in [-0.2, -0.15) is 0 Å². The molecule has 1 amide bonds. The summed E-state index contributed by atoms with van der Waals surface area (Å²) in [4.78, 5) is 11.8. The topological polar surface area (TPSA) is 84.7 Å². The highest BCUT2D eigenvalue weighted by molar-refractivity contribution is 5.91. The first kappa shape index (κ1) is 14.1. The lowest BCUT2D eigenvalue weighted by Crippen LogP contribution is -2.21. The Morgan fingerprint density at radius 2 is 2.25 bits per heavy atom. The summed E-state index contributed by atoms with van der Waals surface area (Å²) in [5.41, 5.74) is 2.58. The molecule has 0 spiro atoms. The maximum Gasteiger partial charge on any atom is 0.225 e. The maximum atomic E-state index is 11.8. The molecule has 2 rings (SSSR count). The second kappa shape index (κ2) is 6.76. The number of anilines is 1. The van der Waals surface area contributed by atoms with Crippen molar-refractivity contribution in [2.45, 2.75) is 20.3 Å². The highest BCUT2D eigenvalue weighted by atomic mass is 16.1. The van der Waals surface area contributed by atoms with Crippen molar-refractivity contribution in [2.75, 3.05) is 18.4 Å². The van der Waals surface area contributed by atoms with E-state index in [4.69, 9.17) is 0 Å². The quantitative estimate of drug-likeness (QED) is 0.765. The molecule has 1 aromatic carbocycles. The molecule has 0 aliphatic rings. The van der Waals surface area contributed by atoms with E-state index in [1.807, 2.05) is 32.0 Å². The third-order valence-electron chi connectivity index (χ3n) is 2.89. The van der Waals surface area contributed by atoms with Gasteiger partial charge in [0.15, 0.2) is 0 Å². The standard InChI is InChI=1S/C13H18N6O/c1-3-14-7-6-13(20)16-12-8-11(5-4-10(12)2)19-9-15-17-18-19/h4-5,8-9,14H,3,6-7H2,1-2H3,(H,16,20). The number of nitrogens with zero attached hydrogens (tertiary/aromatic N) is 4. The predicted octanol–water partition coefficient (Wildman–Crippen LogP) is 0.909. The van der Waals surface area contributed by atoms with E-state index in [0.717, 1.165) is 23.5 Å². The second-order valence-electron chi connectivity index (χ2n) is 4.41. The molecule has 2 N–H and O–H groups in total. The maximum absolute atomic E-state index is 11.8. The van der Waals surface area contributed by atoms with Gasteiger partial charge in [-0.15, -0.1) is 5.10 Å². The van der Waals surface area contributed by atoms with Gasteiger partial charge in [0.05, 0.1) is 5.69 Å². The van der Waals surface area contributed by atoms with Crippen molar-refractivity contribution in [3.8, 4) is 5.69 Å². The van der Waals surface area contributed by atoms with Gasteiger partial charge >= 0.3 is 0 Å². The number of benzene rings is 1. The van der Waals surface area contributed by atoms with Crippen LogP contribution in [0.1, 0.15) is 18.9 Å². The van der Waals surface area contributed by atoms with Gasteiger partial charge in [0.25, 0.3) is 0 Å². The van der Waals surface area contributed by atoms with Crippen LogP contribution in [0, 0.1) is 6.92 Å². The molecular formula is C13H18N6O. The molecule has 7 heteroatoms. The minimum Gasteiger partial charge on any atom is -0.326 e. The van der Waals surface area contributed by atoms with Crippen LogP contribution in [-0.2, 0) is 4.79 Å². The lowest BCUT2D eigenvalue weighted by atomic mass is 10.1. The van der Waals surface area contributed by atoms with E-state index in [0.29, 0.717) is 13.0 Å². The Morgan fingerprint density at radius 3 is 2.95 bits per heavy atom. The number of hydrogen-bond acceptors (Lipinski definition) is 5. The lowest BCUT2D eigenvalue weighted by Gasteiger charge is -2.10. The van der Waals surface area contributed by atoms with Crippen LogP contribution in [-0.4, -0.2) is 39.2 Å². The van der Waals surface area contributed by atoms with Crippen molar-refractivity contribution in [3.05, 3.63) is 30.1 Å². The lowest BCUT2D eigenvalue weighted by molar-refractivity contribution is -0.116. The average Bonchev–Trinajstić information content (AvgIpc) is 2.95. The molecule has 0 bridgehead atoms. The molecule has 0 saturated heterocycles. The molecular weight excluding hydrogens is 256 g/mol. The number of nitrogens with one attached hydrogen (secondary N) is 2. The molecule has 0 unspecified atom stereocenters. The van der Waals surface area contributed by atoms with Gasteiger partial charge in [0.2, 0.25) is 5.91 Å². The normalized spacial score (nSPS) is 10.5. The van der Waals surface area contributed by atoms with E-state index in [1.165, 1.54) is 6.33 Å². The number of carbonyl (C=O) groups is 1. The van der Waals surface area contributed by atoms with Crippen LogP contribution in [0.4, 0.5) is 5.69 Å². The van der Waals surface area contributed by atoms with Crippen LogP contribution < -0.4 is 10.6 Å². The van der Waals surface area contributed by atoms with Gasteiger partial charge in [-0.3, -0.25) is 4.79 Å². The summed E-state index contributed by atoms with van der Waals surface area (Å²) in [5, 5.41) is 17.1. The van der Waals surface area contributed by atoms with Crippen LogP contribution in [0.3, 0.4) is 0 Å². The van der Waals surface area contributed by atoms with E-state index >= 15 is 0 Å². The number of aryl methyl sites for hydroxylation is 1. The van der Waals surface area contributed by atoms with Gasteiger partial charge in [0, 0.05) is 18.7 Å². The Morgan fingerprint density at radius 1 is 1.40 bits per heavy atom. The van der Waals surface area contributed by atoms with Gasteiger partial charge < -0.3 is 10.6 Å². The van der Waals surface area contributed by atoms with Crippen molar-refractivity contribution >= 4 is 11.6 Å². The summed E-state index contributed by atoms with van der Waals surface area (Å²) in [6, 6.07) is 5.69. The molecule has 0 radical (unpaired) electrons. The fraction of sp³-hybridized carbons (Fsp3) is 0.385. The van der Waals surface area contributed by atoms with Crippen LogP contribution in [0.5, 0.6) is 0 Å². The molecule has 1 aromatic heterocycles. The van der Waals surface area contributed by atoms with Gasteiger partial charge in [0.1, 0.15) is 6.33 Å². The Hall–Kier alpha value is -2.28. The molecule has 0 fully saturated rings. The number of hydrogen-bond donors (Lipinski definition) is 2. The molecule has 0 saturated carbocycles. The monoisotopic (exact) mass is 274 g/mol. The van der Waals surface area contributed by atoms with Gasteiger partial charge in [-0.05, 0) is 41.6 Å². The SMILES string of the molecule is CCNCCC(=O)Nc1cc(-n2cnnn2)ccc1C. The minimum atomic E-state index is -0.0112. The van der Waals surface area contributed by atoms with Crippen LogP contribution >= 0.6 is 0 Å². The Balaban J connectivity index is 2.07. The van der Waals surface area contributed by atoms with Crippen LogP contribution in [0.25, 0.3) is 5.69 Å². The fourth-order valence-electron chi connectivity index (χ4n) is 1.76. The molecule has 7 nitrogen and oxygen atoms in total. The number of aromatic nitrogens is 4. The molecule has 20 heavy (non-hydrogen) atoms. The van der Waals surface area contributed by atoms with Crippen molar-refractivity contribution in [2.24, 2.45) is 0 Å². The average molecular weight is 274 g/mol. The van der Waals surface area contributed by atoms with E-state index in [-0.39, 0.29) is 5.91 Å². The summed E-state index contributed by atoms with van der Waals surface area (Å²) in [6.07, 6.45) is 1.96. The number of carbonyl (C=O) groups excluding carboxylic acids is 1. The van der Waals surface area contributed by atoms with Crippen LogP contribution in [0.2, 0.25) is 0 Å². The smallest absolute Gasteiger partial charge is 0.225 e. The predicted molar refractivity (Wildman–Crippen MR) is 75.7 cm³/mol. The third-order valence-corrected chi connectivity index (χ3v) is 2.89. The van der Waals surface area contributed by atoms with E-state index in [2.05, 4.69) is 26.2 Å². The zero-order valence-corrected chi connectivity index (χ0v) is 11.6. The van der Waals surface area contributed by atoms with Crippen molar-refractivity contribution in [1.82, 2.24) is 25.5 Å². The fourth-order valence-corrected chi connectivity index (χ4v) is 1.76. The van der Waals surface area contributed by atoms with E-state index in [9.17, 15) is 4.79 Å². The van der Waals surface area contributed by atoms with Crippen molar-refractivity contribution in [1.29, 1.82) is 0 Å². The first-order valence-electron chi connectivity index (χ1n) is 6.55. The zero-order valence-electron chi connectivity index (χ0n) is 11.6. The van der Waals surface area contributed by atoms with Crippen molar-refractivity contribution < 1.29 is 4.79 Å². The summed E-state index contributed by atoms with van der Waals surface area (Å²) < 4.78 is 1.55. The molecule has 0 atom stereocenters. The Labute approximate surface area is 117 Å². The molecule has 1 heterocycles. The highest BCUT2D eigenvalue weighted by Crippen LogP contribution is 2.19. The van der Waals surface area contributed by atoms with Gasteiger partial charge in [-0.1, -0.05) is 13.0 Å².